The number of hydrogen-bond donors (Lipinski definition) is 1. The molecule has 1 aromatic rings. The highest BCUT2D eigenvalue weighted by Gasteiger charge is 2.24. The van der Waals surface area contributed by atoms with Crippen molar-refractivity contribution in [2.45, 2.75) is 40.0 Å². The van der Waals surface area contributed by atoms with Crippen LogP contribution in [0.3, 0.4) is 0 Å². The fourth-order valence-corrected chi connectivity index (χ4v) is 4.40. The number of amides is 3. The standard InChI is InChI=1S/C32H40N4O2/c1-5-7-18-32(3,4)28(12-6-2)15-11-20-35-24-22-34(23-25-35)19-9-8-13-27-14-10-16-29(26-27)36-21-17-30(37)33-31(36)38/h6-7,10,12,14,16,18,26H,2,5,9,17,19-25H2,1,3-4H3,(H,33,37,38)/b18-7-,28-12-. The zero-order valence-corrected chi connectivity index (χ0v) is 23.1. The van der Waals surface area contributed by atoms with Crippen LogP contribution in [-0.4, -0.2) is 67.6 Å². The molecule has 2 heterocycles. The number of anilines is 1. The van der Waals surface area contributed by atoms with E-state index in [2.05, 4.69) is 78.3 Å². The topological polar surface area (TPSA) is 55.9 Å². The Bertz CT molecular complexity index is 1180. The van der Waals surface area contributed by atoms with Gasteiger partial charge < -0.3 is 0 Å². The number of benzene rings is 1. The van der Waals surface area contributed by atoms with Crippen molar-refractivity contribution in [1.29, 1.82) is 0 Å². The Hall–Kier alpha value is -3.58. The van der Waals surface area contributed by atoms with Crippen molar-refractivity contribution < 1.29 is 9.59 Å². The van der Waals surface area contributed by atoms with Gasteiger partial charge in [-0.15, -0.1) is 0 Å². The number of piperazine rings is 1. The van der Waals surface area contributed by atoms with Gasteiger partial charge in [0.25, 0.3) is 0 Å². The minimum Gasteiger partial charge on any atom is -0.300 e. The van der Waals surface area contributed by atoms with Gasteiger partial charge in [0.1, 0.15) is 0 Å². The van der Waals surface area contributed by atoms with E-state index in [0.717, 1.165) is 68.9 Å². The van der Waals surface area contributed by atoms with Gasteiger partial charge in [0.05, 0.1) is 6.54 Å². The largest absolute Gasteiger partial charge is 0.328 e. The van der Waals surface area contributed by atoms with Crippen LogP contribution >= 0.6 is 0 Å². The lowest BCUT2D eigenvalue weighted by Gasteiger charge is -2.33. The van der Waals surface area contributed by atoms with Gasteiger partial charge in [0.15, 0.2) is 0 Å². The highest BCUT2D eigenvalue weighted by Crippen LogP contribution is 2.27. The van der Waals surface area contributed by atoms with Gasteiger partial charge in [-0.2, -0.15) is 0 Å². The van der Waals surface area contributed by atoms with E-state index in [0.29, 0.717) is 13.0 Å². The number of allylic oxidation sites excluding steroid dienone is 5. The minimum absolute atomic E-state index is 0.0964. The first-order valence-corrected chi connectivity index (χ1v) is 13.5. The van der Waals surface area contributed by atoms with Crippen molar-refractivity contribution in [1.82, 2.24) is 15.1 Å². The van der Waals surface area contributed by atoms with E-state index in [1.165, 1.54) is 0 Å². The van der Waals surface area contributed by atoms with Crippen LogP contribution in [0.2, 0.25) is 0 Å². The first-order chi connectivity index (χ1) is 18.3. The molecule has 6 heteroatoms. The van der Waals surface area contributed by atoms with Crippen molar-refractivity contribution >= 4 is 17.6 Å². The average molecular weight is 513 g/mol. The van der Waals surface area contributed by atoms with E-state index in [1.54, 1.807) is 4.90 Å². The number of hydrogen-bond acceptors (Lipinski definition) is 4. The summed E-state index contributed by atoms with van der Waals surface area (Å²) in [6.45, 7) is 16.5. The number of nitrogens with zero attached hydrogens (tertiary/aromatic N) is 3. The molecule has 3 rings (SSSR count). The molecular formula is C32H40N4O2. The molecule has 0 unspecified atom stereocenters. The maximum atomic E-state index is 12.1. The second-order valence-electron chi connectivity index (χ2n) is 10.1. The minimum atomic E-state index is -0.377. The maximum Gasteiger partial charge on any atom is 0.328 e. The quantitative estimate of drug-likeness (QED) is 0.314. The highest BCUT2D eigenvalue weighted by atomic mass is 16.2. The molecule has 6 nitrogen and oxygen atoms in total. The summed E-state index contributed by atoms with van der Waals surface area (Å²) >= 11 is 0. The molecule has 2 fully saturated rings. The van der Waals surface area contributed by atoms with Gasteiger partial charge in [0.2, 0.25) is 5.91 Å². The molecule has 0 aromatic heterocycles. The van der Waals surface area contributed by atoms with Crippen LogP contribution in [0.1, 0.15) is 45.6 Å². The van der Waals surface area contributed by atoms with Crippen molar-refractivity contribution in [3.63, 3.8) is 0 Å². The number of carbonyl (C=O) groups excluding carboxylic acids is 2. The molecular weight excluding hydrogens is 472 g/mol. The first kappa shape index (κ1) is 29.0. The van der Waals surface area contributed by atoms with Crippen molar-refractivity contribution in [2.75, 3.05) is 50.7 Å². The van der Waals surface area contributed by atoms with E-state index < -0.39 is 0 Å². The molecule has 2 aliphatic heterocycles. The Morgan fingerprint density at radius 2 is 1.87 bits per heavy atom. The number of imide groups is 1. The molecule has 38 heavy (non-hydrogen) atoms. The summed E-state index contributed by atoms with van der Waals surface area (Å²) < 4.78 is 0. The molecule has 0 aliphatic carbocycles. The third-order valence-electron chi connectivity index (χ3n) is 6.74. The third kappa shape index (κ3) is 8.77. The number of nitrogens with one attached hydrogen (secondary N) is 1. The van der Waals surface area contributed by atoms with Gasteiger partial charge in [0, 0.05) is 74.3 Å². The SMILES string of the molecule is C=C/C=C(/C#CCN1CCN(CCC#Cc2cccc(N3CCC(=O)NC3=O)c2)CC1)C(C)(C)/C=C\CC. The van der Waals surface area contributed by atoms with Crippen molar-refractivity contribution in [3.8, 4) is 23.7 Å². The molecule has 1 aromatic carbocycles. The van der Waals surface area contributed by atoms with E-state index in [4.69, 9.17) is 0 Å². The number of urea groups is 1. The third-order valence-corrected chi connectivity index (χ3v) is 6.74. The smallest absolute Gasteiger partial charge is 0.300 e. The summed E-state index contributed by atoms with van der Waals surface area (Å²) in [7, 11) is 0. The number of carbonyl (C=O) groups is 2. The molecule has 0 bridgehead atoms. The van der Waals surface area contributed by atoms with E-state index >= 15 is 0 Å². The van der Waals surface area contributed by atoms with Crippen LogP contribution in [0.25, 0.3) is 0 Å². The van der Waals surface area contributed by atoms with E-state index in [9.17, 15) is 9.59 Å². The van der Waals surface area contributed by atoms with Crippen LogP contribution < -0.4 is 10.2 Å². The fraction of sp³-hybridized carbons (Fsp3) is 0.438. The Balaban J connectivity index is 1.44. The monoisotopic (exact) mass is 512 g/mol. The molecule has 0 saturated carbocycles. The molecule has 3 amide bonds. The summed E-state index contributed by atoms with van der Waals surface area (Å²) in [5.74, 6) is 13.0. The lowest BCUT2D eigenvalue weighted by Crippen LogP contribution is -2.49. The fourth-order valence-electron chi connectivity index (χ4n) is 4.40. The van der Waals surface area contributed by atoms with Crippen LogP contribution in [0.15, 0.2) is 60.7 Å². The summed E-state index contributed by atoms with van der Waals surface area (Å²) in [6.07, 6.45) is 10.4. The Morgan fingerprint density at radius 3 is 2.58 bits per heavy atom. The molecule has 2 aliphatic rings. The summed E-state index contributed by atoms with van der Waals surface area (Å²) in [4.78, 5) is 29.9. The van der Waals surface area contributed by atoms with Crippen LogP contribution in [0.4, 0.5) is 10.5 Å². The van der Waals surface area contributed by atoms with Gasteiger partial charge >= 0.3 is 6.03 Å². The highest BCUT2D eigenvalue weighted by molar-refractivity contribution is 6.05. The summed E-state index contributed by atoms with van der Waals surface area (Å²) in [5, 5.41) is 2.36. The molecule has 0 atom stereocenters. The summed E-state index contributed by atoms with van der Waals surface area (Å²) in [6, 6.07) is 7.23. The first-order valence-electron chi connectivity index (χ1n) is 13.5. The van der Waals surface area contributed by atoms with Gasteiger partial charge in [-0.1, -0.05) is 81.4 Å². The molecule has 0 radical (unpaired) electrons. The number of rotatable bonds is 8. The molecule has 1 N–H and O–H groups in total. The zero-order valence-electron chi connectivity index (χ0n) is 23.1. The Kier molecular flexibility index (Phi) is 11.0. The maximum absolute atomic E-state index is 12.1. The van der Waals surface area contributed by atoms with E-state index in [-0.39, 0.29) is 17.4 Å². The second kappa shape index (κ2) is 14.4. The zero-order chi connectivity index (χ0) is 27.4. The van der Waals surface area contributed by atoms with E-state index in [1.807, 2.05) is 36.4 Å². The predicted octanol–water partition coefficient (Wildman–Crippen LogP) is 4.60. The predicted molar refractivity (Wildman–Crippen MR) is 156 cm³/mol. The van der Waals surface area contributed by atoms with Crippen molar-refractivity contribution in [3.05, 3.63) is 66.3 Å². The van der Waals surface area contributed by atoms with Gasteiger partial charge in [-0.3, -0.25) is 24.8 Å². The molecule has 200 valence electrons. The van der Waals surface area contributed by atoms with Gasteiger partial charge in [-0.25, -0.2) is 4.79 Å². The average Bonchev–Trinajstić information content (AvgIpc) is 2.90. The van der Waals surface area contributed by atoms with Crippen LogP contribution in [-0.2, 0) is 4.79 Å². The Labute approximate surface area is 228 Å². The van der Waals surface area contributed by atoms with Crippen LogP contribution in [0.5, 0.6) is 0 Å². The van der Waals surface area contributed by atoms with Gasteiger partial charge in [-0.05, 0) is 24.6 Å². The second-order valence-corrected chi connectivity index (χ2v) is 10.1. The lowest BCUT2D eigenvalue weighted by atomic mass is 9.83. The van der Waals surface area contributed by atoms with Crippen molar-refractivity contribution in [2.24, 2.45) is 5.41 Å². The molecule has 2 saturated heterocycles. The summed E-state index contributed by atoms with van der Waals surface area (Å²) in [5.41, 5.74) is 2.62. The van der Waals surface area contributed by atoms with Crippen LogP contribution in [0, 0.1) is 29.1 Å². The lowest BCUT2D eigenvalue weighted by molar-refractivity contribution is -0.120. The molecule has 0 spiro atoms. The Morgan fingerprint density at radius 1 is 1.11 bits per heavy atom. The normalized spacial score (nSPS) is 17.4.